The predicted molar refractivity (Wildman–Crippen MR) is 68.9 cm³/mol. The summed E-state index contributed by atoms with van der Waals surface area (Å²) in [6, 6.07) is 3.86. The lowest BCUT2D eigenvalue weighted by atomic mass is 9.94. The fraction of sp³-hybridized carbons (Fsp3) is 0.462. The molecule has 0 aromatic carbocycles. The molecule has 1 aliphatic rings. The van der Waals surface area contributed by atoms with E-state index in [0.29, 0.717) is 0 Å². The lowest BCUT2D eigenvalue weighted by Gasteiger charge is -2.21. The van der Waals surface area contributed by atoms with Gasteiger partial charge in [-0.25, -0.2) is 4.98 Å². The van der Waals surface area contributed by atoms with Crippen molar-refractivity contribution in [3.05, 3.63) is 30.4 Å². The largest absolute Gasteiger partial charge is 0.317 e. The molecule has 0 atom stereocenters. The molecular weight excluding hydrogens is 226 g/mol. The van der Waals surface area contributed by atoms with Crippen LogP contribution in [-0.4, -0.2) is 33.3 Å². The molecule has 1 fully saturated rings. The van der Waals surface area contributed by atoms with Crippen LogP contribution in [0.25, 0.3) is 11.4 Å². The van der Waals surface area contributed by atoms with E-state index in [1.165, 1.54) is 12.8 Å². The lowest BCUT2D eigenvalue weighted by molar-refractivity contribution is 0.367. The summed E-state index contributed by atoms with van der Waals surface area (Å²) in [5, 5.41) is 10.7. The van der Waals surface area contributed by atoms with Gasteiger partial charge in [-0.2, -0.15) is 5.10 Å². The average Bonchev–Trinajstić information content (AvgIpc) is 2.89. The smallest absolute Gasteiger partial charge is 0.181 e. The molecule has 2 aromatic heterocycles. The summed E-state index contributed by atoms with van der Waals surface area (Å²) >= 11 is 0. The van der Waals surface area contributed by atoms with Crippen LogP contribution in [-0.2, 0) is 6.42 Å². The highest BCUT2D eigenvalue weighted by Gasteiger charge is 2.15. The fourth-order valence-electron chi connectivity index (χ4n) is 2.38. The maximum absolute atomic E-state index is 4.56. The van der Waals surface area contributed by atoms with Crippen molar-refractivity contribution in [3.63, 3.8) is 0 Å². The number of H-pyrrole nitrogens is 1. The van der Waals surface area contributed by atoms with Gasteiger partial charge in [-0.05, 0) is 44.0 Å². The first-order valence-electron chi connectivity index (χ1n) is 6.44. The summed E-state index contributed by atoms with van der Waals surface area (Å²) in [6.07, 6.45) is 6.98. The van der Waals surface area contributed by atoms with E-state index in [0.717, 1.165) is 42.6 Å². The van der Waals surface area contributed by atoms with Crippen LogP contribution < -0.4 is 5.32 Å². The van der Waals surface area contributed by atoms with Crippen molar-refractivity contribution in [1.82, 2.24) is 25.5 Å². The van der Waals surface area contributed by atoms with Crippen LogP contribution >= 0.6 is 0 Å². The molecule has 5 heteroatoms. The van der Waals surface area contributed by atoms with Crippen molar-refractivity contribution < 1.29 is 0 Å². The van der Waals surface area contributed by atoms with Crippen LogP contribution in [0.1, 0.15) is 18.7 Å². The molecule has 0 radical (unpaired) electrons. The summed E-state index contributed by atoms with van der Waals surface area (Å²) in [6.45, 7) is 2.24. The molecule has 94 valence electrons. The maximum atomic E-state index is 4.56. The Morgan fingerprint density at radius 2 is 1.94 bits per heavy atom. The molecule has 5 nitrogen and oxygen atoms in total. The minimum absolute atomic E-state index is 0.726. The molecule has 1 saturated heterocycles. The zero-order valence-corrected chi connectivity index (χ0v) is 10.3. The molecule has 2 N–H and O–H groups in total. The Labute approximate surface area is 106 Å². The van der Waals surface area contributed by atoms with Crippen LogP contribution in [0.3, 0.4) is 0 Å². The van der Waals surface area contributed by atoms with Gasteiger partial charge in [0.2, 0.25) is 0 Å². The van der Waals surface area contributed by atoms with E-state index in [2.05, 4.69) is 25.5 Å². The lowest BCUT2D eigenvalue weighted by Crippen LogP contribution is -2.28. The third-order valence-corrected chi connectivity index (χ3v) is 3.41. The van der Waals surface area contributed by atoms with Crippen molar-refractivity contribution in [2.45, 2.75) is 19.3 Å². The number of nitrogens with one attached hydrogen (secondary N) is 2. The van der Waals surface area contributed by atoms with Gasteiger partial charge in [-0.15, -0.1) is 0 Å². The highest BCUT2D eigenvalue weighted by Crippen LogP contribution is 2.18. The number of rotatable bonds is 3. The Kier molecular flexibility index (Phi) is 3.32. The monoisotopic (exact) mass is 243 g/mol. The van der Waals surface area contributed by atoms with Gasteiger partial charge in [-0.3, -0.25) is 10.1 Å². The molecule has 3 heterocycles. The number of piperidine rings is 1. The second-order valence-electron chi connectivity index (χ2n) is 4.74. The normalized spacial score (nSPS) is 16.9. The molecule has 0 saturated carbocycles. The van der Waals surface area contributed by atoms with Gasteiger partial charge < -0.3 is 5.32 Å². The fourth-order valence-corrected chi connectivity index (χ4v) is 2.38. The van der Waals surface area contributed by atoms with E-state index in [9.17, 15) is 0 Å². The van der Waals surface area contributed by atoms with Gasteiger partial charge in [0, 0.05) is 24.4 Å². The number of pyridine rings is 1. The molecule has 0 bridgehead atoms. The first kappa shape index (κ1) is 11.3. The van der Waals surface area contributed by atoms with Crippen molar-refractivity contribution in [2.24, 2.45) is 5.92 Å². The molecule has 2 aromatic rings. The first-order chi connectivity index (χ1) is 8.92. The van der Waals surface area contributed by atoms with Gasteiger partial charge in [-0.1, -0.05) is 0 Å². The van der Waals surface area contributed by atoms with Crippen LogP contribution in [0, 0.1) is 5.92 Å². The second-order valence-corrected chi connectivity index (χ2v) is 4.74. The van der Waals surface area contributed by atoms with E-state index in [-0.39, 0.29) is 0 Å². The number of aromatic nitrogens is 4. The van der Waals surface area contributed by atoms with Crippen LogP contribution in [0.2, 0.25) is 0 Å². The van der Waals surface area contributed by atoms with Crippen LogP contribution in [0.15, 0.2) is 24.5 Å². The number of aromatic amines is 1. The Hall–Kier alpha value is -1.75. The minimum atomic E-state index is 0.726. The zero-order valence-electron chi connectivity index (χ0n) is 10.3. The third kappa shape index (κ3) is 2.56. The summed E-state index contributed by atoms with van der Waals surface area (Å²) in [5.41, 5.74) is 1.01. The SMILES string of the molecule is c1cc(-c2n[nH]c(CC3CCNCC3)n2)ccn1. The van der Waals surface area contributed by atoms with E-state index < -0.39 is 0 Å². The summed E-state index contributed by atoms with van der Waals surface area (Å²) in [7, 11) is 0. The minimum Gasteiger partial charge on any atom is -0.317 e. The van der Waals surface area contributed by atoms with Gasteiger partial charge in [0.05, 0.1) is 0 Å². The number of hydrogen-bond acceptors (Lipinski definition) is 4. The molecule has 0 amide bonds. The topological polar surface area (TPSA) is 66.5 Å². The molecule has 0 unspecified atom stereocenters. The Morgan fingerprint density at radius 1 is 1.17 bits per heavy atom. The van der Waals surface area contributed by atoms with Crippen molar-refractivity contribution >= 4 is 0 Å². The second kappa shape index (κ2) is 5.27. The highest BCUT2D eigenvalue weighted by molar-refractivity contribution is 5.52. The van der Waals surface area contributed by atoms with E-state index in [4.69, 9.17) is 0 Å². The average molecular weight is 243 g/mol. The van der Waals surface area contributed by atoms with Crippen molar-refractivity contribution in [2.75, 3.05) is 13.1 Å². The standard InChI is InChI=1S/C13H17N5/c1-5-14-6-2-10(1)9-12-16-13(18-17-12)11-3-7-15-8-4-11/h3-4,7-8,10,14H,1-2,5-6,9H2,(H,16,17,18). The zero-order chi connectivity index (χ0) is 12.2. The van der Waals surface area contributed by atoms with Crippen LogP contribution in [0.4, 0.5) is 0 Å². The van der Waals surface area contributed by atoms with Crippen molar-refractivity contribution in [1.29, 1.82) is 0 Å². The van der Waals surface area contributed by atoms with Gasteiger partial charge in [0.15, 0.2) is 5.82 Å². The van der Waals surface area contributed by atoms with E-state index >= 15 is 0 Å². The van der Waals surface area contributed by atoms with Gasteiger partial charge >= 0.3 is 0 Å². The molecular formula is C13H17N5. The highest BCUT2D eigenvalue weighted by atomic mass is 15.2. The Morgan fingerprint density at radius 3 is 2.72 bits per heavy atom. The van der Waals surface area contributed by atoms with Crippen molar-refractivity contribution in [3.8, 4) is 11.4 Å². The maximum Gasteiger partial charge on any atom is 0.181 e. The molecule has 18 heavy (non-hydrogen) atoms. The Bertz CT molecular complexity index is 487. The summed E-state index contributed by atoms with van der Waals surface area (Å²) in [5.74, 6) is 2.49. The number of hydrogen-bond donors (Lipinski definition) is 2. The predicted octanol–water partition coefficient (Wildman–Crippen LogP) is 1.41. The van der Waals surface area contributed by atoms with E-state index in [1.54, 1.807) is 12.4 Å². The first-order valence-corrected chi connectivity index (χ1v) is 6.44. The summed E-state index contributed by atoms with van der Waals surface area (Å²) in [4.78, 5) is 8.56. The molecule has 1 aliphatic heterocycles. The molecule has 3 rings (SSSR count). The van der Waals surface area contributed by atoms with E-state index in [1.807, 2.05) is 12.1 Å². The van der Waals surface area contributed by atoms with Gasteiger partial charge in [0.1, 0.15) is 5.82 Å². The molecule has 0 aliphatic carbocycles. The quantitative estimate of drug-likeness (QED) is 0.855. The van der Waals surface area contributed by atoms with Crippen LogP contribution in [0.5, 0.6) is 0 Å². The summed E-state index contributed by atoms with van der Waals surface area (Å²) < 4.78 is 0. The number of nitrogens with zero attached hydrogens (tertiary/aromatic N) is 3. The van der Waals surface area contributed by atoms with Gasteiger partial charge in [0.25, 0.3) is 0 Å². The molecule has 0 spiro atoms. The third-order valence-electron chi connectivity index (χ3n) is 3.41. The Balaban J connectivity index is 1.69.